The van der Waals surface area contributed by atoms with E-state index in [9.17, 15) is 0 Å². The maximum atomic E-state index is 5.94. The van der Waals surface area contributed by atoms with Crippen molar-refractivity contribution in [2.45, 2.75) is 25.7 Å². The molecule has 0 aliphatic carbocycles. The smallest absolute Gasteiger partial charge is 0.000842 e. The van der Waals surface area contributed by atoms with Crippen LogP contribution >= 0.6 is 0 Å². The molecule has 0 aromatic carbocycles. The Hall–Kier alpha value is -0.160. The normalized spacial score (nSPS) is 12.7. The quantitative estimate of drug-likeness (QED) is 0.590. The summed E-state index contributed by atoms with van der Waals surface area (Å²) in [5.74, 6) is 0. The van der Waals surface area contributed by atoms with E-state index in [2.05, 4.69) is 38.0 Å². The Morgan fingerprint density at radius 3 is 1.35 bits per heavy atom. The predicted octanol–water partition coefficient (Wildman–Crippen LogP) is 0.574. The molecule has 0 saturated carbocycles. The van der Waals surface area contributed by atoms with Crippen LogP contribution in [0.5, 0.6) is 0 Å². The van der Waals surface area contributed by atoms with E-state index in [4.69, 9.17) is 11.5 Å². The molecular formula is C13H32N4. The molecule has 4 heteroatoms. The summed E-state index contributed by atoms with van der Waals surface area (Å²) in [5, 5.41) is 0. The van der Waals surface area contributed by atoms with Crippen LogP contribution in [0.2, 0.25) is 0 Å². The monoisotopic (exact) mass is 244 g/mol. The second kappa shape index (κ2) is 8.86. The Kier molecular flexibility index (Phi) is 8.78. The third-order valence-electron chi connectivity index (χ3n) is 3.49. The van der Waals surface area contributed by atoms with Crippen molar-refractivity contribution in [1.82, 2.24) is 9.80 Å². The minimum absolute atomic E-state index is 0.159. The van der Waals surface area contributed by atoms with Gasteiger partial charge in [0, 0.05) is 0 Å². The van der Waals surface area contributed by atoms with Gasteiger partial charge in [-0.25, -0.2) is 0 Å². The van der Waals surface area contributed by atoms with E-state index in [0.717, 1.165) is 25.9 Å². The Balaban J connectivity index is 4.06. The van der Waals surface area contributed by atoms with Gasteiger partial charge in [0.25, 0.3) is 0 Å². The molecule has 0 aromatic heterocycles. The lowest BCUT2D eigenvalue weighted by molar-refractivity contribution is 0.223. The van der Waals surface area contributed by atoms with Crippen molar-refractivity contribution < 1.29 is 0 Å². The van der Waals surface area contributed by atoms with E-state index in [1.165, 1.54) is 12.8 Å². The van der Waals surface area contributed by atoms with Crippen LogP contribution in [0.3, 0.4) is 0 Å². The average molecular weight is 244 g/mol. The molecule has 0 atom stereocenters. The van der Waals surface area contributed by atoms with Gasteiger partial charge in [-0.1, -0.05) is 0 Å². The second-order valence-corrected chi connectivity index (χ2v) is 5.72. The molecule has 0 fully saturated rings. The van der Waals surface area contributed by atoms with Crippen molar-refractivity contribution in [2.75, 3.05) is 54.4 Å². The minimum Gasteiger partial charge on any atom is -0.330 e. The first-order chi connectivity index (χ1) is 7.95. The second-order valence-electron chi connectivity index (χ2n) is 5.72. The van der Waals surface area contributed by atoms with Crippen LogP contribution < -0.4 is 11.5 Å². The molecule has 104 valence electrons. The van der Waals surface area contributed by atoms with E-state index in [-0.39, 0.29) is 5.41 Å². The maximum absolute atomic E-state index is 5.94. The van der Waals surface area contributed by atoms with Crippen molar-refractivity contribution in [3.63, 3.8) is 0 Å². The third kappa shape index (κ3) is 7.71. The van der Waals surface area contributed by atoms with Crippen LogP contribution in [-0.2, 0) is 0 Å². The fourth-order valence-electron chi connectivity index (χ4n) is 2.16. The van der Waals surface area contributed by atoms with Gasteiger partial charge in [0.15, 0.2) is 0 Å². The molecule has 0 spiro atoms. The van der Waals surface area contributed by atoms with Crippen LogP contribution in [0, 0.1) is 5.41 Å². The van der Waals surface area contributed by atoms with Crippen LogP contribution in [0.4, 0.5) is 0 Å². The average Bonchev–Trinajstić information content (AvgIpc) is 2.26. The highest BCUT2D eigenvalue weighted by Gasteiger charge is 2.25. The zero-order valence-electron chi connectivity index (χ0n) is 12.2. The van der Waals surface area contributed by atoms with Gasteiger partial charge in [-0.3, -0.25) is 0 Å². The van der Waals surface area contributed by atoms with E-state index in [1.54, 1.807) is 0 Å². The van der Waals surface area contributed by atoms with Gasteiger partial charge in [-0.15, -0.1) is 0 Å². The van der Waals surface area contributed by atoms with Crippen LogP contribution in [0.15, 0.2) is 0 Å². The van der Waals surface area contributed by atoms with Crippen LogP contribution in [0.25, 0.3) is 0 Å². The van der Waals surface area contributed by atoms with Crippen molar-refractivity contribution in [1.29, 1.82) is 0 Å². The first kappa shape index (κ1) is 16.8. The lowest BCUT2D eigenvalue weighted by atomic mass is 9.79. The number of nitrogens with zero attached hydrogens (tertiary/aromatic N) is 2. The molecule has 0 radical (unpaired) electrons. The van der Waals surface area contributed by atoms with Crippen molar-refractivity contribution in [3.8, 4) is 0 Å². The lowest BCUT2D eigenvalue weighted by Gasteiger charge is -2.32. The van der Waals surface area contributed by atoms with Crippen molar-refractivity contribution in [2.24, 2.45) is 16.9 Å². The fourth-order valence-corrected chi connectivity index (χ4v) is 2.16. The van der Waals surface area contributed by atoms with Gasteiger partial charge in [0.1, 0.15) is 0 Å². The topological polar surface area (TPSA) is 58.5 Å². The summed E-state index contributed by atoms with van der Waals surface area (Å²) in [6.45, 7) is 3.67. The SMILES string of the molecule is CN(C)CCCC(CN)(CN)CCCN(C)C. The molecule has 4 nitrogen and oxygen atoms in total. The number of hydrogen-bond donors (Lipinski definition) is 2. The molecule has 0 unspecified atom stereocenters. The highest BCUT2D eigenvalue weighted by Crippen LogP contribution is 2.27. The van der Waals surface area contributed by atoms with Gasteiger partial charge >= 0.3 is 0 Å². The van der Waals surface area contributed by atoms with Gasteiger partial charge < -0.3 is 21.3 Å². The number of hydrogen-bond acceptors (Lipinski definition) is 4. The van der Waals surface area contributed by atoms with Gasteiger partial charge in [-0.2, -0.15) is 0 Å². The first-order valence-corrected chi connectivity index (χ1v) is 6.65. The van der Waals surface area contributed by atoms with Gasteiger partial charge in [0.2, 0.25) is 0 Å². The Labute approximate surface area is 107 Å². The van der Waals surface area contributed by atoms with Gasteiger partial charge in [-0.05, 0) is 85.5 Å². The molecular weight excluding hydrogens is 212 g/mol. The third-order valence-corrected chi connectivity index (χ3v) is 3.49. The van der Waals surface area contributed by atoms with E-state index < -0.39 is 0 Å². The fraction of sp³-hybridized carbons (Fsp3) is 1.00. The largest absolute Gasteiger partial charge is 0.330 e. The number of nitrogens with two attached hydrogens (primary N) is 2. The van der Waals surface area contributed by atoms with Crippen LogP contribution in [0.1, 0.15) is 25.7 Å². The molecule has 0 saturated heterocycles. The van der Waals surface area contributed by atoms with Crippen molar-refractivity contribution in [3.05, 3.63) is 0 Å². The molecule has 0 heterocycles. The summed E-state index contributed by atoms with van der Waals surface area (Å²) in [6, 6.07) is 0. The Bertz CT molecular complexity index is 160. The van der Waals surface area contributed by atoms with E-state index in [0.29, 0.717) is 13.1 Å². The highest BCUT2D eigenvalue weighted by atomic mass is 15.1. The Morgan fingerprint density at radius 1 is 0.765 bits per heavy atom. The summed E-state index contributed by atoms with van der Waals surface area (Å²) < 4.78 is 0. The molecule has 0 aliphatic rings. The summed E-state index contributed by atoms with van der Waals surface area (Å²) >= 11 is 0. The summed E-state index contributed by atoms with van der Waals surface area (Å²) in [6.07, 6.45) is 4.66. The number of rotatable bonds is 10. The van der Waals surface area contributed by atoms with Crippen LogP contribution in [-0.4, -0.2) is 64.2 Å². The van der Waals surface area contributed by atoms with Gasteiger partial charge in [0.05, 0.1) is 0 Å². The molecule has 0 aliphatic heterocycles. The Morgan fingerprint density at radius 2 is 1.12 bits per heavy atom. The van der Waals surface area contributed by atoms with E-state index in [1.807, 2.05) is 0 Å². The standard InChI is InChI=1S/C13H32N4/c1-16(2)9-5-7-13(11-14,12-15)8-6-10-17(3)4/h5-12,14-15H2,1-4H3. The molecule has 0 aromatic rings. The molecule has 4 N–H and O–H groups in total. The predicted molar refractivity (Wildman–Crippen MR) is 76.1 cm³/mol. The van der Waals surface area contributed by atoms with E-state index >= 15 is 0 Å². The molecule has 17 heavy (non-hydrogen) atoms. The minimum atomic E-state index is 0.159. The molecule has 0 amide bonds. The zero-order chi connectivity index (χ0) is 13.3. The zero-order valence-corrected chi connectivity index (χ0v) is 12.2. The van der Waals surface area contributed by atoms with Crippen molar-refractivity contribution >= 4 is 0 Å². The maximum Gasteiger partial charge on any atom is -0.000842 e. The summed E-state index contributed by atoms with van der Waals surface area (Å²) in [4.78, 5) is 4.44. The molecule has 0 bridgehead atoms. The summed E-state index contributed by atoms with van der Waals surface area (Å²) in [5.41, 5.74) is 12.0. The first-order valence-electron chi connectivity index (χ1n) is 6.65. The lowest BCUT2D eigenvalue weighted by Crippen LogP contribution is -2.39. The summed E-state index contributed by atoms with van der Waals surface area (Å²) in [7, 11) is 8.44. The molecule has 0 rings (SSSR count). The highest BCUT2D eigenvalue weighted by molar-refractivity contribution is 4.82.